The van der Waals surface area contributed by atoms with Crippen molar-refractivity contribution >= 4 is 45.9 Å². The Balaban J connectivity index is 0.000000673. The molecule has 0 radical (unpaired) electrons. The molecule has 0 bridgehead atoms. The maximum absolute atomic E-state index is 11.9. The van der Waals surface area contributed by atoms with Crippen LogP contribution in [0.1, 0.15) is 257 Å². The zero-order valence-electron chi connectivity index (χ0n) is 81.7. The van der Waals surface area contributed by atoms with Crippen LogP contribution >= 0.6 is 45.9 Å². The van der Waals surface area contributed by atoms with Crippen molar-refractivity contribution < 1.29 is 13.2 Å². The summed E-state index contributed by atoms with van der Waals surface area (Å²) in [4.78, 5) is 9.76. The van der Waals surface area contributed by atoms with E-state index in [4.69, 9.17) is 23.2 Å². The minimum absolute atomic E-state index is 0.285. The van der Waals surface area contributed by atoms with Crippen molar-refractivity contribution in [3.05, 3.63) is 425 Å². The molecule has 670 valence electrons. The molecule has 13 aromatic rings. The summed E-state index contributed by atoms with van der Waals surface area (Å²) in [5.41, 5.74) is 27.7. The molecule has 0 N–H and O–H groups in total. The summed E-state index contributed by atoms with van der Waals surface area (Å²) in [6, 6.07) is 90.8. The molecule has 124 heavy (non-hydrogen) atoms. The molecule has 0 saturated heterocycles. The Hall–Kier alpha value is -8.88. The zero-order valence-corrected chi connectivity index (χ0v) is 84.9. The van der Waals surface area contributed by atoms with Gasteiger partial charge >= 0.3 is 6.18 Å². The fourth-order valence-electron chi connectivity index (χ4n) is 11.0. The molecule has 0 aliphatic heterocycles. The van der Waals surface area contributed by atoms with Crippen molar-refractivity contribution in [2.24, 2.45) is 5.92 Å². The van der Waals surface area contributed by atoms with Gasteiger partial charge in [0.2, 0.25) is 0 Å². The van der Waals surface area contributed by atoms with Crippen LogP contribution in [0.3, 0.4) is 0 Å². The standard InChI is InChI=1S/3C11H16.2C10H14.C9H14S.2C9H12.C8H7F3.C8H10.C7H6Cl2.C7H9N.C6H8S/c1-9-5-7-10(8-6-9)11(2,3)4;1-9(2)8-11-6-4-10(3)5-7-11;1-3-4-5-11-8-6-10(2)7-9-11;1-8(2)10-6-4-9(3)5-7-10;1-3-4-10-7-5-9(2)6-8-10;1-7-5-6-8(10-7)9(2,3)4;1-7-4-5-8(2)9(3)6-7;1-3-9-6-4-8(2)5-7-9;1-6-2-4-7(5-3-6)8(9,10)11;1-7-3-5-8(2)6-4-7;1-5-2-3-6(8)7(9)4-5;1-6-3-4-7(2)8-5-6;1-5-3-4-6(2)7-5/h5-8H,1-4H3;4-7,9H,8H2,1-3H3;6-9H,3-5H2,1-2H3;4-8H,1-3H3;5-8H,3-4H2,1-2H3;5-6H,1-4H3;4-6H,1-3H3;4-7H,3H2,1-2H3;2-5H,1H3;3-6H,1-2H3;2-4H,1H3;3-5H,1-2H3;3-4H,1-2H3. The molecule has 0 saturated carbocycles. The summed E-state index contributed by atoms with van der Waals surface area (Å²) in [5, 5.41) is 1.24. The normalized spacial score (nSPS) is 10.3. The minimum Gasteiger partial charge on any atom is -0.261 e. The number of hydrogen-bond acceptors (Lipinski definition) is 3. The summed E-state index contributed by atoms with van der Waals surface area (Å²) in [6.07, 6.45) is 6.26. The topological polar surface area (TPSA) is 12.9 Å². The SMILES string of the molecule is CCCCc1ccc(C)cc1.CCCc1ccc(C)cc1.CCc1ccc(C)cc1.Cc1ccc(C(C)(C)C)cc1.Cc1ccc(C(C)(C)C)s1.Cc1ccc(C(C)C)cc1.Cc1ccc(C(F)(F)F)cc1.Cc1ccc(C)c(C)c1.Cc1ccc(C)cc1.Cc1ccc(C)nc1.Cc1ccc(C)s1.Cc1ccc(CC(C)C)cc1.Cc1ccc(Cl)c(Cl)c1. The van der Waals surface area contributed by atoms with E-state index in [1.165, 1.54) is 170 Å². The van der Waals surface area contributed by atoms with Crippen molar-refractivity contribution in [1.82, 2.24) is 4.98 Å². The summed E-state index contributed by atoms with van der Waals surface area (Å²) in [6.45, 7) is 66.4. The maximum Gasteiger partial charge on any atom is 0.416 e. The van der Waals surface area contributed by atoms with Crippen molar-refractivity contribution in [1.29, 1.82) is 0 Å². The summed E-state index contributed by atoms with van der Waals surface area (Å²) in [5.74, 6) is 1.42. The molecule has 0 aliphatic rings. The van der Waals surface area contributed by atoms with Crippen molar-refractivity contribution in [2.75, 3.05) is 0 Å². The Morgan fingerprint density at radius 1 is 0.315 bits per heavy atom. The second-order valence-electron chi connectivity index (χ2n) is 35.2. The van der Waals surface area contributed by atoms with Gasteiger partial charge in [-0.2, -0.15) is 13.2 Å². The predicted molar refractivity (Wildman–Crippen MR) is 550 cm³/mol. The van der Waals surface area contributed by atoms with Crippen LogP contribution in [0, 0.1) is 131 Å². The fraction of sp³-hybridized carbons (Fsp3) is 0.371. The monoisotopic (exact) mass is 1750 g/mol. The van der Waals surface area contributed by atoms with Crippen LogP contribution in [0.4, 0.5) is 13.2 Å². The lowest BCUT2D eigenvalue weighted by molar-refractivity contribution is -0.137. The first-order valence-electron chi connectivity index (χ1n) is 44.1. The van der Waals surface area contributed by atoms with Crippen molar-refractivity contribution in [2.45, 2.75) is 283 Å². The van der Waals surface area contributed by atoms with Crippen molar-refractivity contribution in [3.63, 3.8) is 0 Å². The molecule has 0 atom stereocenters. The lowest BCUT2D eigenvalue weighted by atomic mass is 9.87. The van der Waals surface area contributed by atoms with E-state index in [9.17, 15) is 13.2 Å². The number of nitrogens with zero attached hydrogens (tertiary/aromatic N) is 1. The molecule has 3 heterocycles. The Bertz CT molecular complexity index is 4670. The number of rotatable bonds is 9. The van der Waals surface area contributed by atoms with Crippen LogP contribution in [0.2, 0.25) is 10.0 Å². The molecule has 0 unspecified atom stereocenters. The molecule has 0 aliphatic carbocycles. The molecule has 0 fully saturated rings. The smallest absolute Gasteiger partial charge is 0.261 e. The first-order valence-corrected chi connectivity index (χ1v) is 46.5. The van der Waals surface area contributed by atoms with E-state index in [1.54, 1.807) is 13.0 Å². The molecular formula is C116H154Cl2F3NS2. The quantitative estimate of drug-likeness (QED) is 0.140. The van der Waals surface area contributed by atoms with Gasteiger partial charge in [-0.05, 0) is 290 Å². The lowest BCUT2D eigenvalue weighted by Gasteiger charge is -2.18. The Morgan fingerprint density at radius 3 is 0.952 bits per heavy atom. The van der Waals surface area contributed by atoms with E-state index in [-0.39, 0.29) is 5.41 Å². The van der Waals surface area contributed by atoms with Gasteiger partial charge in [0, 0.05) is 31.4 Å². The number of aromatic nitrogens is 1. The highest BCUT2D eigenvalue weighted by molar-refractivity contribution is 7.12. The zero-order chi connectivity index (χ0) is 93.7. The number of pyridine rings is 1. The minimum atomic E-state index is -4.21. The van der Waals surface area contributed by atoms with Gasteiger partial charge in [-0.1, -0.05) is 394 Å². The summed E-state index contributed by atoms with van der Waals surface area (Å²) in [7, 11) is 0. The summed E-state index contributed by atoms with van der Waals surface area (Å²) >= 11 is 15.1. The second-order valence-corrected chi connectivity index (χ2v) is 38.8. The van der Waals surface area contributed by atoms with Crippen LogP contribution < -0.4 is 0 Å². The lowest BCUT2D eigenvalue weighted by Crippen LogP contribution is -2.10. The van der Waals surface area contributed by atoms with Crippen LogP contribution in [-0.2, 0) is 42.7 Å². The second kappa shape index (κ2) is 61.5. The van der Waals surface area contributed by atoms with Gasteiger partial charge < -0.3 is 0 Å². The van der Waals surface area contributed by atoms with E-state index in [1.807, 2.05) is 67.8 Å². The molecule has 0 spiro atoms. The largest absolute Gasteiger partial charge is 0.416 e. The molecule has 1 nitrogen and oxygen atoms in total. The number of halogens is 5. The molecule has 3 aromatic heterocycles. The van der Waals surface area contributed by atoms with Crippen LogP contribution in [0.25, 0.3) is 0 Å². The van der Waals surface area contributed by atoms with Crippen LogP contribution in [0.5, 0.6) is 0 Å². The first-order chi connectivity index (χ1) is 58.1. The number of thiophene rings is 2. The van der Waals surface area contributed by atoms with E-state index in [0.29, 0.717) is 21.4 Å². The maximum atomic E-state index is 11.9. The number of unbranched alkanes of at least 4 members (excludes halogenated alkanes) is 1. The molecule has 10 aromatic carbocycles. The van der Waals surface area contributed by atoms with Gasteiger partial charge in [0.05, 0.1) is 15.6 Å². The number of alkyl halides is 3. The highest BCUT2D eigenvalue weighted by Crippen LogP contribution is 2.31. The Morgan fingerprint density at radius 2 is 0.661 bits per heavy atom. The highest BCUT2D eigenvalue weighted by Gasteiger charge is 2.29. The predicted octanol–water partition coefficient (Wildman–Crippen LogP) is 37.1. The van der Waals surface area contributed by atoms with Crippen LogP contribution in [-0.4, -0.2) is 4.98 Å². The molecule has 0 amide bonds. The average Bonchev–Trinajstić information content (AvgIpc) is 1.87. The van der Waals surface area contributed by atoms with Gasteiger partial charge in [0.1, 0.15) is 0 Å². The number of aryl methyl sites for hydroxylation is 21. The first kappa shape index (κ1) is 113. The van der Waals surface area contributed by atoms with E-state index in [2.05, 4.69) is 410 Å². The Kier molecular flexibility index (Phi) is 56.1. The Labute approximate surface area is 771 Å². The number of benzene rings is 10. The molecule has 13 rings (SSSR count). The van der Waals surface area contributed by atoms with Gasteiger partial charge in [-0.3, -0.25) is 4.98 Å². The van der Waals surface area contributed by atoms with Crippen molar-refractivity contribution in [3.8, 4) is 0 Å². The van der Waals surface area contributed by atoms with Gasteiger partial charge in [-0.15, -0.1) is 22.7 Å². The number of hydrogen-bond donors (Lipinski definition) is 0. The fourth-order valence-corrected chi connectivity index (χ4v) is 13.1. The van der Waals surface area contributed by atoms with Gasteiger partial charge in [0.15, 0.2) is 0 Å². The highest BCUT2D eigenvalue weighted by atomic mass is 35.5. The van der Waals surface area contributed by atoms with E-state index < -0.39 is 11.7 Å². The third-order valence-corrected chi connectivity index (χ3v) is 22.4. The van der Waals surface area contributed by atoms with Gasteiger partial charge in [0.25, 0.3) is 0 Å². The van der Waals surface area contributed by atoms with E-state index in [0.717, 1.165) is 41.3 Å². The third kappa shape index (κ3) is 55.5. The van der Waals surface area contributed by atoms with Gasteiger partial charge in [-0.25, -0.2) is 0 Å². The molecular weight excluding hydrogens is 1600 g/mol. The summed E-state index contributed by atoms with van der Waals surface area (Å²) < 4.78 is 35.8. The van der Waals surface area contributed by atoms with Crippen LogP contribution in [0.15, 0.2) is 273 Å². The third-order valence-electron chi connectivity index (χ3n) is 19.3. The van der Waals surface area contributed by atoms with E-state index >= 15 is 0 Å². The molecule has 8 heteroatoms. The average molecular weight is 1750 g/mol.